The molecule has 1 unspecified atom stereocenters. The molecule has 0 rings (SSSR count). The van der Waals surface area contributed by atoms with Gasteiger partial charge in [-0.1, -0.05) is 155 Å². The molecule has 0 bridgehead atoms. The van der Waals surface area contributed by atoms with Crippen LogP contribution in [-0.4, -0.2) is 55.6 Å². The molecule has 0 fully saturated rings. The molecule has 0 saturated heterocycles. The van der Waals surface area contributed by atoms with Crippen molar-refractivity contribution < 1.29 is 19.4 Å². The van der Waals surface area contributed by atoms with Crippen molar-refractivity contribution in [3.8, 4) is 0 Å². The maximum atomic E-state index is 12.0. The Kier molecular flexibility index (Phi) is 32.3. The fourth-order valence-electron chi connectivity index (χ4n) is 5.20. The van der Waals surface area contributed by atoms with Gasteiger partial charge in [0.15, 0.2) is 6.29 Å². The van der Waals surface area contributed by atoms with Crippen molar-refractivity contribution in [2.24, 2.45) is 0 Å². The van der Waals surface area contributed by atoms with E-state index in [1.54, 1.807) is 0 Å². The monoisotopic (exact) mass is 570 g/mol. The third-order valence-electron chi connectivity index (χ3n) is 8.06. The number of likely N-dealkylation sites (N-methyl/N-ethyl adjacent to an activating group) is 1. The largest absolute Gasteiger partial charge is 0.464 e. The lowest BCUT2D eigenvalue weighted by Gasteiger charge is -2.18. The molecule has 240 valence electrons. The standard InChI is InChI=1S/C35H71NO4/c1-4-6-8-10-12-14-16-17-19-21-23-25-27-29-35(38)40-33-31-36(3)30-32-39-34(37)28-26-24-22-20-18-15-13-11-9-7-5-2/h35,38H,4-33H2,1-3H3. The van der Waals surface area contributed by atoms with Gasteiger partial charge in [-0.2, -0.15) is 0 Å². The Hall–Kier alpha value is -0.650. The van der Waals surface area contributed by atoms with Gasteiger partial charge in [0, 0.05) is 19.5 Å². The highest BCUT2D eigenvalue weighted by atomic mass is 16.6. The lowest BCUT2D eigenvalue weighted by molar-refractivity contribution is -0.144. The maximum absolute atomic E-state index is 12.0. The summed E-state index contributed by atoms with van der Waals surface area (Å²) in [5, 5.41) is 10.1. The molecular formula is C35H71NO4. The topological polar surface area (TPSA) is 59.0 Å². The number of aliphatic hydroxyl groups excluding tert-OH is 1. The van der Waals surface area contributed by atoms with Gasteiger partial charge in [0.2, 0.25) is 0 Å². The number of aliphatic hydroxyl groups is 1. The Morgan fingerprint density at radius 1 is 0.575 bits per heavy atom. The van der Waals surface area contributed by atoms with Crippen molar-refractivity contribution in [1.82, 2.24) is 4.90 Å². The zero-order valence-corrected chi connectivity index (χ0v) is 27.4. The van der Waals surface area contributed by atoms with Gasteiger partial charge in [0.05, 0.1) is 6.61 Å². The molecule has 0 heterocycles. The molecule has 0 aromatic carbocycles. The Balaban J connectivity index is 3.38. The van der Waals surface area contributed by atoms with Crippen LogP contribution in [0.2, 0.25) is 0 Å². The van der Waals surface area contributed by atoms with Gasteiger partial charge in [-0.15, -0.1) is 0 Å². The van der Waals surface area contributed by atoms with Crippen LogP contribution in [0.3, 0.4) is 0 Å². The van der Waals surface area contributed by atoms with E-state index in [2.05, 4.69) is 18.7 Å². The highest BCUT2D eigenvalue weighted by Crippen LogP contribution is 2.14. The van der Waals surface area contributed by atoms with Gasteiger partial charge >= 0.3 is 5.97 Å². The van der Waals surface area contributed by atoms with E-state index in [1.807, 2.05) is 7.05 Å². The molecule has 0 amide bonds. The molecule has 1 atom stereocenters. The van der Waals surface area contributed by atoms with Crippen LogP contribution in [0.15, 0.2) is 0 Å². The first-order chi connectivity index (χ1) is 19.6. The molecule has 0 radical (unpaired) electrons. The van der Waals surface area contributed by atoms with E-state index in [1.165, 1.54) is 135 Å². The van der Waals surface area contributed by atoms with E-state index >= 15 is 0 Å². The van der Waals surface area contributed by atoms with Gasteiger partial charge in [-0.3, -0.25) is 4.79 Å². The molecule has 5 nitrogen and oxygen atoms in total. The summed E-state index contributed by atoms with van der Waals surface area (Å²) in [6.45, 7) is 6.89. The quantitative estimate of drug-likeness (QED) is 0.0484. The molecule has 5 heteroatoms. The first-order valence-electron chi connectivity index (χ1n) is 17.7. The number of nitrogens with zero attached hydrogens (tertiary/aromatic N) is 1. The fraction of sp³-hybridized carbons (Fsp3) is 0.971. The second kappa shape index (κ2) is 32.9. The Bertz CT molecular complexity index is 502. The zero-order chi connectivity index (χ0) is 29.4. The summed E-state index contributed by atoms with van der Waals surface area (Å²) in [5.74, 6) is -0.0752. The van der Waals surface area contributed by atoms with Crippen molar-refractivity contribution in [2.45, 2.75) is 187 Å². The van der Waals surface area contributed by atoms with Crippen molar-refractivity contribution in [3.63, 3.8) is 0 Å². The van der Waals surface area contributed by atoms with Gasteiger partial charge in [0.1, 0.15) is 6.61 Å². The van der Waals surface area contributed by atoms with Crippen LogP contribution in [0.1, 0.15) is 181 Å². The maximum Gasteiger partial charge on any atom is 0.305 e. The molecular weight excluding hydrogens is 498 g/mol. The minimum atomic E-state index is -0.662. The Morgan fingerprint density at radius 3 is 1.40 bits per heavy atom. The summed E-state index contributed by atoms with van der Waals surface area (Å²) in [6.07, 6.45) is 32.1. The van der Waals surface area contributed by atoms with E-state index in [4.69, 9.17) is 9.47 Å². The molecule has 0 aromatic heterocycles. The molecule has 0 aliphatic rings. The lowest BCUT2D eigenvalue weighted by atomic mass is 10.0. The van der Waals surface area contributed by atoms with Gasteiger partial charge in [0.25, 0.3) is 0 Å². The van der Waals surface area contributed by atoms with Crippen LogP contribution < -0.4 is 0 Å². The number of hydrogen-bond acceptors (Lipinski definition) is 5. The van der Waals surface area contributed by atoms with Gasteiger partial charge in [-0.05, 0) is 26.3 Å². The van der Waals surface area contributed by atoms with Crippen LogP contribution in [0, 0.1) is 0 Å². The molecule has 0 aromatic rings. The van der Waals surface area contributed by atoms with E-state index in [9.17, 15) is 9.90 Å². The summed E-state index contributed by atoms with van der Waals surface area (Å²) in [6, 6.07) is 0. The van der Waals surface area contributed by atoms with Gasteiger partial charge in [-0.25, -0.2) is 0 Å². The number of hydrogen-bond donors (Lipinski definition) is 1. The Labute approximate surface area is 250 Å². The van der Waals surface area contributed by atoms with Crippen molar-refractivity contribution in [1.29, 1.82) is 0 Å². The third-order valence-corrected chi connectivity index (χ3v) is 8.06. The van der Waals surface area contributed by atoms with Crippen LogP contribution in [0.4, 0.5) is 0 Å². The summed E-state index contributed by atoms with van der Waals surface area (Å²) in [4.78, 5) is 14.0. The number of carbonyl (C=O) groups is 1. The van der Waals surface area contributed by atoms with Gasteiger partial charge < -0.3 is 19.5 Å². The fourth-order valence-corrected chi connectivity index (χ4v) is 5.20. The normalized spacial score (nSPS) is 12.3. The number of carbonyl (C=O) groups excluding carboxylic acids is 1. The van der Waals surface area contributed by atoms with Crippen LogP contribution >= 0.6 is 0 Å². The summed E-state index contributed by atoms with van der Waals surface area (Å²) >= 11 is 0. The predicted octanol–water partition coefficient (Wildman–Crippen LogP) is 9.98. The smallest absolute Gasteiger partial charge is 0.305 e. The average Bonchev–Trinajstić information content (AvgIpc) is 2.94. The number of unbranched alkanes of at least 4 members (excludes halogenated alkanes) is 22. The summed E-state index contributed by atoms with van der Waals surface area (Å²) in [5.41, 5.74) is 0. The molecule has 0 saturated carbocycles. The minimum absolute atomic E-state index is 0.0752. The number of rotatable bonds is 33. The zero-order valence-electron chi connectivity index (χ0n) is 27.4. The second-order valence-electron chi connectivity index (χ2n) is 12.2. The first-order valence-corrected chi connectivity index (χ1v) is 17.7. The van der Waals surface area contributed by atoms with E-state index < -0.39 is 6.29 Å². The van der Waals surface area contributed by atoms with Crippen molar-refractivity contribution in [2.75, 3.05) is 33.4 Å². The number of ether oxygens (including phenoxy) is 2. The summed E-state index contributed by atoms with van der Waals surface area (Å²) in [7, 11) is 2.00. The van der Waals surface area contributed by atoms with E-state index in [-0.39, 0.29) is 5.97 Å². The van der Waals surface area contributed by atoms with Crippen molar-refractivity contribution in [3.05, 3.63) is 0 Å². The van der Waals surface area contributed by atoms with Crippen LogP contribution in [0.25, 0.3) is 0 Å². The molecule has 40 heavy (non-hydrogen) atoms. The lowest BCUT2D eigenvalue weighted by Crippen LogP contribution is -2.29. The molecule has 0 spiro atoms. The SMILES string of the molecule is CCCCCCCCCCCCCCCC(O)OCCN(C)CCOC(=O)CCCCCCCCCCCCC. The molecule has 1 N–H and O–H groups in total. The summed E-state index contributed by atoms with van der Waals surface area (Å²) < 4.78 is 11.0. The molecule has 0 aliphatic heterocycles. The first kappa shape index (κ1) is 39.4. The highest BCUT2D eigenvalue weighted by molar-refractivity contribution is 5.69. The predicted molar refractivity (Wildman–Crippen MR) is 172 cm³/mol. The van der Waals surface area contributed by atoms with Crippen LogP contribution in [-0.2, 0) is 14.3 Å². The number of esters is 1. The Morgan fingerprint density at radius 2 is 0.950 bits per heavy atom. The van der Waals surface area contributed by atoms with E-state index in [0.29, 0.717) is 26.2 Å². The van der Waals surface area contributed by atoms with Crippen molar-refractivity contribution >= 4 is 5.97 Å². The third kappa shape index (κ3) is 31.9. The average molecular weight is 570 g/mol. The second-order valence-corrected chi connectivity index (χ2v) is 12.2. The molecule has 0 aliphatic carbocycles. The highest BCUT2D eigenvalue weighted by Gasteiger charge is 2.07. The van der Waals surface area contributed by atoms with Crippen LogP contribution in [0.5, 0.6) is 0 Å². The minimum Gasteiger partial charge on any atom is -0.464 e. The van der Waals surface area contributed by atoms with E-state index in [0.717, 1.165) is 32.2 Å².